The van der Waals surface area contributed by atoms with Crippen LogP contribution in [0.25, 0.3) is 21.5 Å². The van der Waals surface area contributed by atoms with E-state index in [0.29, 0.717) is 0 Å². The van der Waals surface area contributed by atoms with Gasteiger partial charge in [0.25, 0.3) is 0 Å². The van der Waals surface area contributed by atoms with Crippen LogP contribution in [-0.2, 0) is 14.3 Å². The fraction of sp³-hybridized carbons (Fsp3) is 0.250. The topological polar surface area (TPSA) is 55.8 Å². The number of esters is 1. The average molecular weight is 318 g/mol. The molecule has 0 radical (unpaired) electrons. The quantitative estimate of drug-likeness (QED) is 0.511. The Labute approximate surface area is 137 Å². The Kier molecular flexibility index (Phi) is 2.24. The van der Waals surface area contributed by atoms with Gasteiger partial charge in [-0.05, 0) is 56.9 Å². The molecule has 3 aromatic carbocycles. The zero-order valence-corrected chi connectivity index (χ0v) is 12.7. The summed E-state index contributed by atoms with van der Waals surface area (Å²) < 4.78 is 11.1. The van der Waals surface area contributed by atoms with Crippen LogP contribution in [0.15, 0.2) is 48.5 Å². The molecule has 3 heterocycles. The highest BCUT2D eigenvalue weighted by atomic mass is 16.7. The highest BCUT2D eigenvalue weighted by Gasteiger charge is 2.63. The number of benzene rings is 3. The van der Waals surface area contributed by atoms with Gasteiger partial charge in [-0.25, -0.2) is 0 Å². The molecule has 3 aromatic rings. The van der Waals surface area contributed by atoms with Crippen molar-refractivity contribution in [2.75, 3.05) is 0 Å². The third kappa shape index (κ3) is 1.44. The summed E-state index contributed by atoms with van der Waals surface area (Å²) >= 11 is 0. The molecule has 6 rings (SSSR count). The number of aliphatic hydroxyl groups is 1. The van der Waals surface area contributed by atoms with Gasteiger partial charge in [0.05, 0.1) is 24.0 Å². The van der Waals surface area contributed by atoms with Gasteiger partial charge in [-0.1, -0.05) is 24.3 Å². The number of cyclic esters (lactones) is 1. The highest BCUT2D eigenvalue weighted by molar-refractivity contribution is 5.99. The van der Waals surface area contributed by atoms with E-state index >= 15 is 0 Å². The van der Waals surface area contributed by atoms with Crippen LogP contribution in [0, 0.1) is 11.8 Å². The van der Waals surface area contributed by atoms with Gasteiger partial charge < -0.3 is 14.6 Å². The van der Waals surface area contributed by atoms with Gasteiger partial charge in [0.1, 0.15) is 0 Å². The molecule has 5 atom stereocenters. The first kappa shape index (κ1) is 12.9. The minimum Gasteiger partial charge on any atom is -0.435 e. The third-order valence-corrected chi connectivity index (χ3v) is 5.74. The minimum absolute atomic E-state index is 0.257. The molecule has 3 aliphatic heterocycles. The van der Waals surface area contributed by atoms with Crippen LogP contribution in [0.2, 0.25) is 0 Å². The second-order valence-corrected chi connectivity index (χ2v) is 6.94. The Morgan fingerprint density at radius 3 is 2.12 bits per heavy atom. The van der Waals surface area contributed by atoms with Crippen molar-refractivity contribution >= 4 is 27.5 Å². The van der Waals surface area contributed by atoms with E-state index < -0.39 is 6.29 Å². The summed E-state index contributed by atoms with van der Waals surface area (Å²) in [5, 5.41) is 14.7. The van der Waals surface area contributed by atoms with E-state index in [4.69, 9.17) is 9.47 Å². The summed E-state index contributed by atoms with van der Waals surface area (Å²) in [6, 6.07) is 16.9. The second-order valence-electron chi connectivity index (χ2n) is 6.94. The molecule has 4 nitrogen and oxygen atoms in total. The van der Waals surface area contributed by atoms with Crippen molar-refractivity contribution in [1.29, 1.82) is 0 Å². The van der Waals surface area contributed by atoms with E-state index in [-0.39, 0.29) is 30.0 Å². The first-order chi connectivity index (χ1) is 11.7. The number of ether oxygens (including phenoxy) is 2. The van der Waals surface area contributed by atoms with Gasteiger partial charge in [0.15, 0.2) is 0 Å². The standard InChI is InChI=1S/C20H14O4/c21-19-15-16(20(22)24-19)18-14-8-12-6-10-4-2-1-3-9(10)5-11(12)7-13(14)17(15)23-18/h1-8,15-19,21H/t15?,16?,17-,18+,19?/m0/s1. The summed E-state index contributed by atoms with van der Waals surface area (Å²) in [5.74, 6) is -1.01. The molecule has 0 saturated carbocycles. The summed E-state index contributed by atoms with van der Waals surface area (Å²) in [7, 11) is 0. The van der Waals surface area contributed by atoms with Crippen LogP contribution < -0.4 is 0 Å². The summed E-state index contributed by atoms with van der Waals surface area (Å²) in [6.45, 7) is 0. The van der Waals surface area contributed by atoms with Gasteiger partial charge in [0, 0.05) is 0 Å². The van der Waals surface area contributed by atoms with Crippen molar-refractivity contribution < 1.29 is 19.4 Å². The van der Waals surface area contributed by atoms with Crippen molar-refractivity contribution in [2.24, 2.45) is 11.8 Å². The van der Waals surface area contributed by atoms with Crippen molar-refractivity contribution in [1.82, 2.24) is 0 Å². The fourth-order valence-electron chi connectivity index (χ4n) is 4.67. The Morgan fingerprint density at radius 1 is 0.833 bits per heavy atom. The zero-order chi connectivity index (χ0) is 16.0. The summed E-state index contributed by atoms with van der Waals surface area (Å²) in [4.78, 5) is 12.0. The molecule has 3 unspecified atom stereocenters. The number of hydrogen-bond donors (Lipinski definition) is 1. The van der Waals surface area contributed by atoms with Crippen LogP contribution in [0.1, 0.15) is 23.3 Å². The predicted molar refractivity (Wildman–Crippen MR) is 87.1 cm³/mol. The number of aliphatic hydroxyl groups excluding tert-OH is 1. The van der Waals surface area contributed by atoms with Crippen molar-refractivity contribution in [3.05, 3.63) is 59.7 Å². The SMILES string of the molecule is O=C1OC(O)C2C1[C@@H]1O[C@H]2c2cc3cc4ccccc4cc3cc21. The van der Waals surface area contributed by atoms with Crippen molar-refractivity contribution in [2.45, 2.75) is 18.5 Å². The van der Waals surface area contributed by atoms with Gasteiger partial charge in [0.2, 0.25) is 6.29 Å². The Hall–Kier alpha value is -2.43. The van der Waals surface area contributed by atoms with Crippen molar-refractivity contribution in [3.8, 4) is 0 Å². The maximum Gasteiger partial charge on any atom is 0.314 e. The maximum atomic E-state index is 12.0. The molecule has 118 valence electrons. The average Bonchev–Trinajstić information content (AvgIpc) is 3.22. The van der Waals surface area contributed by atoms with Gasteiger partial charge in [-0.2, -0.15) is 0 Å². The molecule has 2 fully saturated rings. The lowest BCUT2D eigenvalue weighted by atomic mass is 9.76. The Bertz CT molecular complexity index is 1040. The molecular weight excluding hydrogens is 304 g/mol. The predicted octanol–water partition coefficient (Wildman–Crippen LogP) is 3.23. The molecule has 0 aromatic heterocycles. The van der Waals surface area contributed by atoms with Gasteiger partial charge >= 0.3 is 5.97 Å². The van der Waals surface area contributed by atoms with E-state index in [1.54, 1.807) is 0 Å². The highest BCUT2D eigenvalue weighted by Crippen LogP contribution is 2.61. The molecule has 2 saturated heterocycles. The van der Waals surface area contributed by atoms with Crippen LogP contribution in [0.4, 0.5) is 0 Å². The minimum atomic E-state index is -1.06. The normalized spacial score (nSPS) is 33.0. The first-order valence-electron chi connectivity index (χ1n) is 8.21. The van der Waals surface area contributed by atoms with Gasteiger partial charge in [-0.3, -0.25) is 4.79 Å². The number of carbonyl (C=O) groups excluding carboxylic acids is 1. The number of rotatable bonds is 0. The van der Waals surface area contributed by atoms with E-state index in [1.165, 1.54) is 10.8 Å². The summed E-state index contributed by atoms with van der Waals surface area (Å²) in [6.07, 6.45) is -1.61. The molecule has 0 spiro atoms. The van der Waals surface area contributed by atoms with Crippen LogP contribution >= 0.6 is 0 Å². The van der Waals surface area contributed by atoms with E-state index in [9.17, 15) is 9.90 Å². The Balaban J connectivity index is 1.60. The number of hydrogen-bond acceptors (Lipinski definition) is 4. The van der Waals surface area contributed by atoms with E-state index in [2.05, 4.69) is 36.4 Å². The summed E-state index contributed by atoms with van der Waals surface area (Å²) in [5.41, 5.74) is 2.15. The largest absolute Gasteiger partial charge is 0.435 e. The van der Waals surface area contributed by atoms with Crippen LogP contribution in [-0.4, -0.2) is 17.4 Å². The van der Waals surface area contributed by atoms with Crippen molar-refractivity contribution in [3.63, 3.8) is 0 Å². The lowest BCUT2D eigenvalue weighted by Gasteiger charge is -2.22. The molecule has 0 amide bonds. The second kappa shape index (κ2) is 4.15. The molecular formula is C20H14O4. The maximum absolute atomic E-state index is 12.0. The smallest absolute Gasteiger partial charge is 0.314 e. The van der Waals surface area contributed by atoms with E-state index in [0.717, 1.165) is 21.9 Å². The molecule has 3 aliphatic rings. The molecule has 2 bridgehead atoms. The van der Waals surface area contributed by atoms with E-state index in [1.807, 2.05) is 12.1 Å². The monoisotopic (exact) mass is 318 g/mol. The van der Waals surface area contributed by atoms with Crippen LogP contribution in [0.3, 0.4) is 0 Å². The molecule has 4 heteroatoms. The van der Waals surface area contributed by atoms with Gasteiger partial charge in [-0.15, -0.1) is 0 Å². The third-order valence-electron chi connectivity index (χ3n) is 5.74. The van der Waals surface area contributed by atoms with Crippen LogP contribution in [0.5, 0.6) is 0 Å². The lowest BCUT2D eigenvalue weighted by Crippen LogP contribution is -2.26. The number of fused-ring (bicyclic) bond motifs is 10. The first-order valence-corrected chi connectivity index (χ1v) is 8.21. The molecule has 24 heavy (non-hydrogen) atoms. The molecule has 1 N–H and O–H groups in total. The molecule has 0 aliphatic carbocycles. The Morgan fingerprint density at radius 2 is 1.46 bits per heavy atom. The zero-order valence-electron chi connectivity index (χ0n) is 12.7. The lowest BCUT2D eigenvalue weighted by molar-refractivity contribution is -0.164. The number of carbonyl (C=O) groups is 1. The fourth-order valence-corrected chi connectivity index (χ4v) is 4.67.